The van der Waals surface area contributed by atoms with Crippen molar-refractivity contribution in [2.24, 2.45) is 0 Å². The molecule has 1 rings (SSSR count). The van der Waals surface area contributed by atoms with Gasteiger partial charge in [-0.25, -0.2) is 0 Å². The van der Waals surface area contributed by atoms with Crippen molar-refractivity contribution in [1.82, 2.24) is 0 Å². The summed E-state index contributed by atoms with van der Waals surface area (Å²) in [4.78, 5) is 18.6. The molecule has 8 nitrogen and oxygen atoms in total. The van der Waals surface area contributed by atoms with Gasteiger partial charge in [0, 0.05) is 0 Å². The van der Waals surface area contributed by atoms with E-state index in [1.807, 2.05) is 0 Å². The van der Waals surface area contributed by atoms with E-state index in [0.29, 0.717) is 0 Å². The first-order chi connectivity index (χ1) is 6.31. The summed E-state index contributed by atoms with van der Waals surface area (Å²) in [6, 6.07) is 0. The Labute approximate surface area is 107 Å². The van der Waals surface area contributed by atoms with Crippen molar-refractivity contribution in [1.29, 1.82) is 0 Å². The number of ether oxygens (including phenoxy) is 1. The molecule has 84 valence electrons. The van der Waals surface area contributed by atoms with Gasteiger partial charge in [-0.2, -0.15) is 0 Å². The predicted octanol–water partition coefficient (Wildman–Crippen LogP) is -6.09. The zero-order chi connectivity index (χ0) is 10.9. The molecule has 5 atom stereocenters. The van der Waals surface area contributed by atoms with Crippen LogP contribution in [0.3, 0.4) is 0 Å². The minimum absolute atomic E-state index is 0. The van der Waals surface area contributed by atoms with E-state index in [0.717, 1.165) is 0 Å². The molecule has 1 aliphatic heterocycles. The van der Waals surface area contributed by atoms with Gasteiger partial charge in [0.15, 0.2) is 6.29 Å². The first-order valence-electron chi connectivity index (χ1n) is 3.69. The first kappa shape index (κ1) is 16.0. The van der Waals surface area contributed by atoms with Crippen LogP contribution in [0.2, 0.25) is 0 Å². The molecule has 2 unspecified atom stereocenters. The van der Waals surface area contributed by atoms with Crippen molar-refractivity contribution in [3.8, 4) is 0 Å². The van der Waals surface area contributed by atoms with E-state index in [1.165, 1.54) is 0 Å². The number of aliphatic hydroxyl groups is 3. The Morgan fingerprint density at radius 2 is 1.87 bits per heavy atom. The maximum absolute atomic E-state index is 10.3. The van der Waals surface area contributed by atoms with Crippen LogP contribution < -0.4 is 34.5 Å². The van der Waals surface area contributed by atoms with Gasteiger partial charge >= 0.3 is 29.6 Å². The van der Waals surface area contributed by atoms with Gasteiger partial charge in [0.2, 0.25) is 0 Å². The molecule has 1 aliphatic rings. The third-order valence-corrected chi connectivity index (χ3v) is 2.26. The fraction of sp³-hybridized carbons (Fsp3) is 1.00. The summed E-state index contributed by atoms with van der Waals surface area (Å²) in [6.07, 6.45) is -6.36. The molecule has 10 heteroatoms. The zero-order valence-electron chi connectivity index (χ0n) is 7.89. The number of aliphatic hydroxyl groups excluding tert-OH is 3. The minimum atomic E-state index is -5.00. The topological polar surface area (TPSA) is 140 Å². The van der Waals surface area contributed by atoms with Gasteiger partial charge in [0.1, 0.15) is 18.3 Å². The molecule has 1 saturated heterocycles. The van der Waals surface area contributed by atoms with Crippen LogP contribution in [0, 0.1) is 0 Å². The van der Waals surface area contributed by atoms with Crippen molar-refractivity contribution in [3.63, 3.8) is 0 Å². The quantitative estimate of drug-likeness (QED) is 0.281. The number of hydrogen-bond acceptors (Lipinski definition) is 7. The predicted molar refractivity (Wildman–Crippen MR) is 38.7 cm³/mol. The Morgan fingerprint density at radius 3 is 2.33 bits per heavy atom. The molecule has 0 bridgehead atoms. The molecule has 0 saturated carbocycles. The summed E-state index contributed by atoms with van der Waals surface area (Å²) in [5, 5.41) is 27.1. The number of hydrogen-bond donors (Lipinski definition) is 4. The van der Waals surface area contributed by atoms with Gasteiger partial charge < -0.3 is 34.4 Å². The van der Waals surface area contributed by atoms with Crippen LogP contribution in [0.5, 0.6) is 0 Å². The Hall–Kier alpha value is 0.950. The summed E-state index contributed by atoms with van der Waals surface area (Å²) >= 11 is 0. The maximum atomic E-state index is 10.3. The van der Waals surface area contributed by atoms with Crippen molar-refractivity contribution < 1.29 is 68.5 Å². The molecule has 0 amide bonds. The Bertz CT molecular complexity index is 243. The van der Waals surface area contributed by atoms with Gasteiger partial charge in [0.25, 0.3) is 7.82 Å². The summed E-state index contributed by atoms with van der Waals surface area (Å²) in [5.41, 5.74) is 0. The van der Waals surface area contributed by atoms with Crippen LogP contribution in [0.15, 0.2) is 0 Å². The average Bonchev–Trinajstić information content (AvgIpc) is 2.04. The zero-order valence-corrected chi connectivity index (χ0v) is 10.8. The Kier molecular flexibility index (Phi) is 6.42. The molecule has 0 radical (unpaired) electrons. The van der Waals surface area contributed by atoms with E-state index in [1.54, 1.807) is 0 Å². The SMILES string of the molecule is O=P([O-])(O)O[C@H]1COC(O)[C@@H](O)[C@H]1O.[Na+]. The molecular weight excluding hydrogens is 242 g/mol. The van der Waals surface area contributed by atoms with Crippen molar-refractivity contribution in [2.45, 2.75) is 24.6 Å². The van der Waals surface area contributed by atoms with Gasteiger partial charge in [-0.15, -0.1) is 0 Å². The van der Waals surface area contributed by atoms with Crippen LogP contribution in [0.4, 0.5) is 0 Å². The summed E-state index contributed by atoms with van der Waals surface area (Å²) in [7, 11) is -5.00. The smallest absolute Gasteiger partial charge is 0.756 e. The molecule has 0 aromatic rings. The molecule has 15 heavy (non-hydrogen) atoms. The molecule has 1 heterocycles. The van der Waals surface area contributed by atoms with Crippen molar-refractivity contribution in [3.05, 3.63) is 0 Å². The molecule has 1 fully saturated rings. The van der Waals surface area contributed by atoms with Crippen LogP contribution in [0.1, 0.15) is 0 Å². The van der Waals surface area contributed by atoms with Crippen molar-refractivity contribution >= 4 is 7.82 Å². The first-order valence-corrected chi connectivity index (χ1v) is 5.19. The average molecular weight is 252 g/mol. The molecule has 0 aromatic carbocycles. The minimum Gasteiger partial charge on any atom is -0.756 e. The normalized spacial score (nSPS) is 40.3. The van der Waals surface area contributed by atoms with Crippen LogP contribution >= 0.6 is 7.82 Å². The molecule has 0 aromatic heterocycles. The molecular formula is C5H10NaO8P. The summed E-state index contributed by atoms with van der Waals surface area (Å²) < 4.78 is 18.8. The monoisotopic (exact) mass is 252 g/mol. The van der Waals surface area contributed by atoms with E-state index in [-0.39, 0.29) is 29.6 Å². The van der Waals surface area contributed by atoms with Gasteiger partial charge in [0.05, 0.1) is 6.61 Å². The van der Waals surface area contributed by atoms with Crippen LogP contribution in [0.25, 0.3) is 0 Å². The van der Waals surface area contributed by atoms with Crippen molar-refractivity contribution in [2.75, 3.05) is 6.61 Å². The Morgan fingerprint density at radius 1 is 1.33 bits per heavy atom. The van der Waals surface area contributed by atoms with E-state index < -0.39 is 39.0 Å². The maximum Gasteiger partial charge on any atom is 1.00 e. The van der Waals surface area contributed by atoms with Gasteiger partial charge in [-0.3, -0.25) is 4.57 Å². The molecule has 4 N–H and O–H groups in total. The fourth-order valence-electron chi connectivity index (χ4n) is 1.04. The third-order valence-electron chi connectivity index (χ3n) is 1.72. The Balaban J connectivity index is 0.00000196. The fourth-order valence-corrected chi connectivity index (χ4v) is 1.57. The van der Waals surface area contributed by atoms with E-state index in [9.17, 15) is 14.6 Å². The summed E-state index contributed by atoms with van der Waals surface area (Å²) in [6.45, 7) is -0.452. The van der Waals surface area contributed by atoms with Crippen LogP contribution in [-0.2, 0) is 13.8 Å². The van der Waals surface area contributed by atoms with Crippen LogP contribution in [-0.4, -0.2) is 51.4 Å². The van der Waals surface area contributed by atoms with E-state index in [4.69, 9.17) is 15.1 Å². The largest absolute Gasteiger partial charge is 1.00 e. The van der Waals surface area contributed by atoms with E-state index >= 15 is 0 Å². The second-order valence-corrected chi connectivity index (χ2v) is 3.97. The van der Waals surface area contributed by atoms with Gasteiger partial charge in [-0.1, -0.05) is 0 Å². The van der Waals surface area contributed by atoms with E-state index in [2.05, 4.69) is 9.26 Å². The van der Waals surface area contributed by atoms with Gasteiger partial charge in [-0.05, 0) is 0 Å². The molecule has 0 aliphatic carbocycles. The third kappa shape index (κ3) is 4.76. The summed E-state index contributed by atoms with van der Waals surface area (Å²) in [5.74, 6) is 0. The second kappa shape index (κ2) is 6.04. The molecule has 0 spiro atoms. The number of phosphoric ester groups is 1. The standard InChI is InChI=1S/C5H11O8P.Na/c6-3-2(13-14(9,10)11)1-12-5(8)4(3)7;/h2-8H,1H2,(H2,9,10,11);/q;+1/p-1/t2-,3-,4-,5?;/m0./s1. The number of rotatable bonds is 2. The second-order valence-electron chi connectivity index (χ2n) is 2.82. The number of phosphoric acid groups is 1.